The first kappa shape index (κ1) is 19.5. The Morgan fingerprint density at radius 2 is 1.96 bits per heavy atom. The summed E-state index contributed by atoms with van der Waals surface area (Å²) in [6, 6.07) is 7.93. The number of nitrogens with two attached hydrogens (primary N) is 1. The number of rotatable bonds is 5. The van der Waals surface area contributed by atoms with Gasteiger partial charge in [0.05, 0.1) is 5.92 Å². The Balaban J connectivity index is 0.00000264. The van der Waals surface area contributed by atoms with Gasteiger partial charge in [-0.25, -0.2) is 0 Å². The summed E-state index contributed by atoms with van der Waals surface area (Å²) in [5, 5.41) is 2.83. The zero-order chi connectivity index (χ0) is 16.3. The Labute approximate surface area is 144 Å². The molecule has 5 nitrogen and oxygen atoms in total. The summed E-state index contributed by atoms with van der Waals surface area (Å²) in [5.74, 6) is -0.406. The van der Waals surface area contributed by atoms with Crippen LogP contribution in [0.3, 0.4) is 0 Å². The fourth-order valence-electron chi connectivity index (χ4n) is 2.50. The molecule has 1 heterocycles. The summed E-state index contributed by atoms with van der Waals surface area (Å²) < 4.78 is 0. The molecule has 1 aliphatic rings. The molecule has 3 N–H and O–H groups in total. The average molecular weight is 340 g/mol. The Hall–Kier alpha value is -1.59. The third-order valence-corrected chi connectivity index (χ3v) is 3.87. The third kappa shape index (κ3) is 5.22. The van der Waals surface area contributed by atoms with Gasteiger partial charge in [-0.05, 0) is 38.0 Å². The zero-order valence-electron chi connectivity index (χ0n) is 14.0. The third-order valence-electron chi connectivity index (χ3n) is 3.87. The summed E-state index contributed by atoms with van der Waals surface area (Å²) in [7, 11) is 0. The maximum Gasteiger partial charge on any atom is 0.227 e. The predicted molar refractivity (Wildman–Crippen MR) is 94.8 cm³/mol. The quantitative estimate of drug-likeness (QED) is 0.860. The first-order chi connectivity index (χ1) is 10.3. The second kappa shape index (κ2) is 7.79. The van der Waals surface area contributed by atoms with E-state index >= 15 is 0 Å². The number of carbonyl (C=O) groups excluding carboxylic acids is 2. The van der Waals surface area contributed by atoms with Crippen molar-refractivity contribution in [3.63, 3.8) is 0 Å². The minimum Gasteiger partial charge on any atom is -0.354 e. The molecule has 0 radical (unpaired) electrons. The lowest BCUT2D eigenvalue weighted by Crippen LogP contribution is -2.46. The van der Waals surface area contributed by atoms with E-state index in [4.69, 9.17) is 5.73 Å². The lowest BCUT2D eigenvalue weighted by Gasteiger charge is -2.21. The number of hydrogen-bond acceptors (Lipinski definition) is 3. The second-order valence-corrected chi connectivity index (χ2v) is 6.63. The summed E-state index contributed by atoms with van der Waals surface area (Å²) in [6.07, 6.45) is 1.22. The van der Waals surface area contributed by atoms with Gasteiger partial charge in [-0.1, -0.05) is 19.1 Å². The Morgan fingerprint density at radius 1 is 1.35 bits per heavy atom. The average Bonchev–Trinajstić information content (AvgIpc) is 2.86. The minimum absolute atomic E-state index is 0. The summed E-state index contributed by atoms with van der Waals surface area (Å²) in [5.41, 5.74) is 7.50. The van der Waals surface area contributed by atoms with Gasteiger partial charge in [0.15, 0.2) is 0 Å². The number of aryl methyl sites for hydroxylation is 1. The lowest BCUT2D eigenvalue weighted by atomic mass is 10.1. The molecule has 0 aromatic heterocycles. The number of hydrogen-bond donors (Lipinski definition) is 2. The van der Waals surface area contributed by atoms with E-state index in [0.717, 1.165) is 12.1 Å². The van der Waals surface area contributed by atoms with Crippen LogP contribution in [0.15, 0.2) is 24.3 Å². The van der Waals surface area contributed by atoms with Crippen molar-refractivity contribution >= 4 is 29.9 Å². The van der Waals surface area contributed by atoms with Crippen molar-refractivity contribution in [3.8, 4) is 0 Å². The van der Waals surface area contributed by atoms with Crippen LogP contribution in [0.25, 0.3) is 0 Å². The van der Waals surface area contributed by atoms with Crippen LogP contribution in [0.5, 0.6) is 0 Å². The van der Waals surface area contributed by atoms with E-state index in [1.54, 1.807) is 4.90 Å². The monoisotopic (exact) mass is 339 g/mol. The van der Waals surface area contributed by atoms with Crippen LogP contribution < -0.4 is 16.0 Å². The van der Waals surface area contributed by atoms with Crippen molar-refractivity contribution in [1.29, 1.82) is 0 Å². The largest absolute Gasteiger partial charge is 0.354 e. The van der Waals surface area contributed by atoms with Crippen LogP contribution >= 0.6 is 12.4 Å². The molecule has 0 spiro atoms. The molecule has 6 heteroatoms. The molecule has 2 amide bonds. The summed E-state index contributed by atoms with van der Waals surface area (Å²) >= 11 is 0. The second-order valence-electron chi connectivity index (χ2n) is 6.63. The molecule has 23 heavy (non-hydrogen) atoms. The lowest BCUT2D eigenvalue weighted by molar-refractivity contribution is -0.126. The molecule has 1 aromatic carbocycles. The highest BCUT2D eigenvalue weighted by atomic mass is 35.5. The van der Waals surface area contributed by atoms with Crippen molar-refractivity contribution in [1.82, 2.24) is 5.32 Å². The molecule has 1 aliphatic heterocycles. The van der Waals surface area contributed by atoms with E-state index in [2.05, 4.69) is 12.2 Å². The standard InChI is InChI=1S/C17H25N3O2.ClH/c1-4-12-5-7-14(8-6-12)20-10-13(9-15(20)21)16(22)19-11-17(2,3)18;/h5-8,13H,4,9-11,18H2,1-3H3,(H,19,22);1H. The van der Waals surface area contributed by atoms with Crippen LogP contribution in [0.2, 0.25) is 0 Å². The molecule has 0 aliphatic carbocycles. The van der Waals surface area contributed by atoms with Gasteiger partial charge in [0.25, 0.3) is 0 Å². The minimum atomic E-state index is -0.450. The van der Waals surface area contributed by atoms with Crippen LogP contribution in [-0.4, -0.2) is 30.4 Å². The smallest absolute Gasteiger partial charge is 0.227 e. The number of anilines is 1. The SMILES string of the molecule is CCc1ccc(N2CC(C(=O)NCC(C)(C)N)CC2=O)cc1.Cl. The van der Waals surface area contributed by atoms with E-state index in [1.165, 1.54) is 5.56 Å². The van der Waals surface area contributed by atoms with E-state index < -0.39 is 5.54 Å². The van der Waals surface area contributed by atoms with Gasteiger partial charge in [0.1, 0.15) is 0 Å². The maximum atomic E-state index is 12.2. The molecular weight excluding hydrogens is 314 g/mol. The number of amides is 2. The number of benzene rings is 1. The van der Waals surface area contributed by atoms with Gasteiger partial charge in [0, 0.05) is 30.7 Å². The first-order valence-electron chi connectivity index (χ1n) is 7.76. The van der Waals surface area contributed by atoms with E-state index in [0.29, 0.717) is 13.1 Å². The van der Waals surface area contributed by atoms with Crippen molar-refractivity contribution < 1.29 is 9.59 Å². The van der Waals surface area contributed by atoms with Crippen molar-refractivity contribution in [2.24, 2.45) is 11.7 Å². The Kier molecular flexibility index (Phi) is 6.59. The summed E-state index contributed by atoms with van der Waals surface area (Å²) in [6.45, 7) is 6.64. The van der Waals surface area contributed by atoms with E-state index in [-0.39, 0.29) is 36.6 Å². The Morgan fingerprint density at radius 3 is 2.48 bits per heavy atom. The molecule has 1 unspecified atom stereocenters. The number of halogens is 1. The fourth-order valence-corrected chi connectivity index (χ4v) is 2.50. The molecule has 0 bridgehead atoms. The molecule has 1 aromatic rings. The molecular formula is C17H26ClN3O2. The van der Waals surface area contributed by atoms with Gasteiger partial charge in [0.2, 0.25) is 11.8 Å². The topological polar surface area (TPSA) is 75.4 Å². The van der Waals surface area contributed by atoms with E-state index in [1.807, 2.05) is 38.1 Å². The molecule has 1 atom stereocenters. The van der Waals surface area contributed by atoms with Gasteiger partial charge in [-0.15, -0.1) is 12.4 Å². The number of nitrogens with zero attached hydrogens (tertiary/aromatic N) is 1. The highest BCUT2D eigenvalue weighted by Crippen LogP contribution is 2.25. The maximum absolute atomic E-state index is 12.2. The van der Waals surface area contributed by atoms with Crippen LogP contribution in [-0.2, 0) is 16.0 Å². The highest BCUT2D eigenvalue weighted by molar-refractivity contribution is 6.00. The molecule has 128 valence electrons. The van der Waals surface area contributed by atoms with Crippen LogP contribution in [0, 0.1) is 5.92 Å². The van der Waals surface area contributed by atoms with Gasteiger partial charge in [-0.2, -0.15) is 0 Å². The van der Waals surface area contributed by atoms with Crippen molar-refractivity contribution in [2.75, 3.05) is 18.0 Å². The number of carbonyl (C=O) groups is 2. The zero-order valence-corrected chi connectivity index (χ0v) is 14.8. The van der Waals surface area contributed by atoms with Gasteiger partial charge < -0.3 is 16.0 Å². The number of nitrogens with one attached hydrogen (secondary N) is 1. The van der Waals surface area contributed by atoms with Crippen LogP contribution in [0.1, 0.15) is 32.8 Å². The van der Waals surface area contributed by atoms with E-state index in [9.17, 15) is 9.59 Å². The van der Waals surface area contributed by atoms with Crippen molar-refractivity contribution in [3.05, 3.63) is 29.8 Å². The normalized spacial score (nSPS) is 17.8. The molecule has 0 saturated carbocycles. The predicted octanol–water partition coefficient (Wildman–Crippen LogP) is 1.88. The van der Waals surface area contributed by atoms with Crippen molar-refractivity contribution in [2.45, 2.75) is 39.2 Å². The first-order valence-corrected chi connectivity index (χ1v) is 7.76. The van der Waals surface area contributed by atoms with Crippen LogP contribution in [0.4, 0.5) is 5.69 Å². The molecule has 1 fully saturated rings. The fraction of sp³-hybridized carbons (Fsp3) is 0.529. The van der Waals surface area contributed by atoms with Gasteiger partial charge in [-0.3, -0.25) is 9.59 Å². The van der Waals surface area contributed by atoms with Gasteiger partial charge >= 0.3 is 0 Å². The molecule has 1 saturated heterocycles. The summed E-state index contributed by atoms with van der Waals surface area (Å²) in [4.78, 5) is 26.0. The Bertz CT molecular complexity index is 552. The molecule has 2 rings (SSSR count). The highest BCUT2D eigenvalue weighted by Gasteiger charge is 2.35.